The van der Waals surface area contributed by atoms with Crippen molar-refractivity contribution in [3.63, 3.8) is 0 Å². The fraction of sp³-hybridized carbons (Fsp3) is 1.00. The van der Waals surface area contributed by atoms with E-state index in [0.29, 0.717) is 0 Å². The van der Waals surface area contributed by atoms with E-state index in [2.05, 4.69) is 4.98 Å². The van der Waals surface area contributed by atoms with E-state index in [1.165, 1.54) is 25.7 Å². The van der Waals surface area contributed by atoms with Gasteiger partial charge >= 0.3 is 8.97 Å². The van der Waals surface area contributed by atoms with Crippen molar-refractivity contribution in [1.82, 2.24) is 4.98 Å². The lowest BCUT2D eigenvalue weighted by molar-refractivity contribution is 0.108. The summed E-state index contributed by atoms with van der Waals surface area (Å²) in [4.78, 5) is 3.30. The molecule has 0 aromatic rings. The van der Waals surface area contributed by atoms with E-state index in [0.717, 1.165) is 12.5 Å². The SMILES string of the molecule is CO[Si](NCC1CCCC1)(OC)OC. The summed E-state index contributed by atoms with van der Waals surface area (Å²) in [5, 5.41) is 0. The molecule has 0 aromatic carbocycles. The lowest BCUT2D eigenvalue weighted by atomic mass is 10.1. The first-order valence-electron chi connectivity index (χ1n) is 5.17. The predicted molar refractivity (Wildman–Crippen MR) is 56.7 cm³/mol. The molecule has 0 atom stereocenters. The monoisotopic (exact) mass is 219 g/mol. The molecule has 4 nitrogen and oxygen atoms in total. The molecule has 84 valence electrons. The Kier molecular flexibility index (Phi) is 5.04. The van der Waals surface area contributed by atoms with E-state index in [1.807, 2.05) is 0 Å². The minimum absolute atomic E-state index is 0.766. The average molecular weight is 219 g/mol. The molecule has 1 aliphatic rings. The van der Waals surface area contributed by atoms with Crippen LogP contribution in [0.1, 0.15) is 25.7 Å². The molecular formula is C9H21NO3Si. The summed E-state index contributed by atoms with van der Waals surface area (Å²) in [6, 6.07) is 0. The Hall–Kier alpha value is 0.0569. The van der Waals surface area contributed by atoms with Gasteiger partial charge in [0.2, 0.25) is 0 Å². The van der Waals surface area contributed by atoms with Crippen LogP contribution in [-0.4, -0.2) is 36.8 Å². The van der Waals surface area contributed by atoms with Crippen LogP contribution in [0.2, 0.25) is 0 Å². The molecule has 0 saturated heterocycles. The van der Waals surface area contributed by atoms with Crippen LogP contribution in [0.25, 0.3) is 0 Å². The summed E-state index contributed by atoms with van der Waals surface area (Å²) in [6.45, 7) is 0.946. The molecule has 0 radical (unpaired) electrons. The van der Waals surface area contributed by atoms with Crippen LogP contribution in [-0.2, 0) is 13.3 Å². The Bertz CT molecular complexity index is 150. The van der Waals surface area contributed by atoms with Crippen molar-refractivity contribution in [2.75, 3.05) is 27.9 Å². The van der Waals surface area contributed by atoms with Crippen molar-refractivity contribution in [2.45, 2.75) is 25.7 Å². The molecule has 5 heteroatoms. The standard InChI is InChI=1S/C9H21NO3Si/c1-11-14(12-2,13-3)10-8-9-6-4-5-7-9/h9-10H,4-8H2,1-3H3. The zero-order chi connectivity index (χ0) is 10.4. The number of rotatable bonds is 6. The largest absolute Gasteiger partial charge is 0.596 e. The first-order chi connectivity index (χ1) is 6.76. The minimum Gasteiger partial charge on any atom is -0.364 e. The fourth-order valence-corrected chi connectivity index (χ4v) is 3.42. The summed E-state index contributed by atoms with van der Waals surface area (Å²) < 4.78 is 15.8. The average Bonchev–Trinajstić information content (AvgIpc) is 2.74. The van der Waals surface area contributed by atoms with E-state index >= 15 is 0 Å². The lowest BCUT2D eigenvalue weighted by Gasteiger charge is -2.25. The predicted octanol–water partition coefficient (Wildman–Crippen LogP) is 1.14. The maximum absolute atomic E-state index is 5.28. The molecule has 0 heterocycles. The van der Waals surface area contributed by atoms with Gasteiger partial charge in [0.15, 0.2) is 0 Å². The summed E-state index contributed by atoms with van der Waals surface area (Å²) in [7, 11) is 2.34. The molecule has 1 fully saturated rings. The fourth-order valence-electron chi connectivity index (χ4n) is 1.95. The number of hydrogen-bond acceptors (Lipinski definition) is 4. The summed E-state index contributed by atoms with van der Waals surface area (Å²) in [5.41, 5.74) is 0. The second-order valence-corrected chi connectivity index (χ2v) is 6.39. The maximum Gasteiger partial charge on any atom is 0.596 e. The Balaban J connectivity index is 2.31. The van der Waals surface area contributed by atoms with Crippen molar-refractivity contribution in [1.29, 1.82) is 0 Å². The molecule has 0 amide bonds. The minimum atomic E-state index is -2.53. The highest BCUT2D eigenvalue weighted by molar-refractivity contribution is 6.57. The quantitative estimate of drug-likeness (QED) is 0.680. The Morgan fingerprint density at radius 3 is 2.00 bits per heavy atom. The Labute approximate surface area is 87.4 Å². The maximum atomic E-state index is 5.28. The smallest absolute Gasteiger partial charge is 0.364 e. The van der Waals surface area contributed by atoms with E-state index in [1.54, 1.807) is 21.3 Å². The highest BCUT2D eigenvalue weighted by atomic mass is 28.4. The van der Waals surface area contributed by atoms with Crippen molar-refractivity contribution >= 4 is 8.97 Å². The van der Waals surface area contributed by atoms with Gasteiger partial charge in [0.25, 0.3) is 0 Å². The molecule has 0 unspecified atom stereocenters. The normalized spacial score (nSPS) is 19.1. The van der Waals surface area contributed by atoms with Crippen LogP contribution in [0.5, 0.6) is 0 Å². The van der Waals surface area contributed by atoms with Crippen molar-refractivity contribution in [3.05, 3.63) is 0 Å². The molecule has 1 saturated carbocycles. The molecule has 14 heavy (non-hydrogen) atoms. The number of hydrogen-bond donors (Lipinski definition) is 1. The first kappa shape index (κ1) is 12.1. The Morgan fingerprint density at radius 1 is 1.07 bits per heavy atom. The van der Waals surface area contributed by atoms with E-state index in [4.69, 9.17) is 13.3 Å². The van der Waals surface area contributed by atoms with Crippen LogP contribution in [0, 0.1) is 5.92 Å². The molecule has 0 aromatic heterocycles. The highest BCUT2D eigenvalue weighted by Crippen LogP contribution is 2.24. The van der Waals surface area contributed by atoms with Gasteiger partial charge in [-0.05, 0) is 25.3 Å². The summed E-state index contributed by atoms with van der Waals surface area (Å²) in [6.07, 6.45) is 5.34. The van der Waals surface area contributed by atoms with Crippen molar-refractivity contribution in [3.8, 4) is 0 Å². The third-order valence-electron chi connectivity index (χ3n) is 2.89. The van der Waals surface area contributed by atoms with Crippen LogP contribution in [0.4, 0.5) is 0 Å². The van der Waals surface area contributed by atoms with Crippen LogP contribution in [0.15, 0.2) is 0 Å². The van der Waals surface area contributed by atoms with Crippen molar-refractivity contribution < 1.29 is 13.3 Å². The second kappa shape index (κ2) is 5.82. The van der Waals surface area contributed by atoms with E-state index in [9.17, 15) is 0 Å². The first-order valence-corrected chi connectivity index (χ1v) is 6.89. The molecule has 1 rings (SSSR count). The van der Waals surface area contributed by atoms with Crippen molar-refractivity contribution in [2.24, 2.45) is 5.92 Å². The Morgan fingerprint density at radius 2 is 1.57 bits per heavy atom. The van der Waals surface area contributed by atoms with Gasteiger partial charge in [-0.15, -0.1) is 0 Å². The zero-order valence-corrected chi connectivity index (χ0v) is 10.3. The van der Waals surface area contributed by atoms with Crippen LogP contribution >= 0.6 is 0 Å². The molecular weight excluding hydrogens is 198 g/mol. The van der Waals surface area contributed by atoms with Crippen LogP contribution < -0.4 is 4.98 Å². The van der Waals surface area contributed by atoms with Gasteiger partial charge in [0, 0.05) is 21.3 Å². The van der Waals surface area contributed by atoms with Gasteiger partial charge in [-0.2, -0.15) is 0 Å². The lowest BCUT2D eigenvalue weighted by Crippen LogP contribution is -2.58. The third kappa shape index (κ3) is 3.03. The second-order valence-electron chi connectivity index (χ2n) is 3.70. The molecule has 0 aliphatic heterocycles. The van der Waals surface area contributed by atoms with Gasteiger partial charge in [-0.1, -0.05) is 12.8 Å². The number of nitrogens with one attached hydrogen (secondary N) is 1. The molecule has 0 spiro atoms. The zero-order valence-electron chi connectivity index (χ0n) is 9.34. The molecule has 1 N–H and O–H groups in total. The van der Waals surface area contributed by atoms with Gasteiger partial charge in [0.1, 0.15) is 0 Å². The van der Waals surface area contributed by atoms with Crippen LogP contribution in [0.3, 0.4) is 0 Å². The topological polar surface area (TPSA) is 39.7 Å². The van der Waals surface area contributed by atoms with Gasteiger partial charge in [0.05, 0.1) is 0 Å². The summed E-state index contributed by atoms with van der Waals surface area (Å²) in [5.74, 6) is 0.766. The van der Waals surface area contributed by atoms with E-state index in [-0.39, 0.29) is 0 Å². The third-order valence-corrected chi connectivity index (χ3v) is 5.14. The van der Waals surface area contributed by atoms with Gasteiger partial charge in [-0.3, -0.25) is 4.98 Å². The highest BCUT2D eigenvalue weighted by Gasteiger charge is 2.39. The summed E-state index contributed by atoms with van der Waals surface area (Å²) >= 11 is 0. The molecule has 0 bridgehead atoms. The molecule has 1 aliphatic carbocycles. The van der Waals surface area contributed by atoms with Gasteiger partial charge in [-0.25, -0.2) is 0 Å². The van der Waals surface area contributed by atoms with E-state index < -0.39 is 8.97 Å². The van der Waals surface area contributed by atoms with Gasteiger partial charge < -0.3 is 13.3 Å².